The molecule has 0 aliphatic carbocycles. The zero-order chi connectivity index (χ0) is 13.3. The Morgan fingerprint density at radius 2 is 1.83 bits per heavy atom. The van der Waals surface area contributed by atoms with Gasteiger partial charge in [-0.05, 0) is 37.1 Å². The van der Waals surface area contributed by atoms with E-state index in [-0.39, 0.29) is 11.1 Å². The van der Waals surface area contributed by atoms with Crippen LogP contribution in [0.15, 0.2) is 30.6 Å². The van der Waals surface area contributed by atoms with E-state index in [1.165, 1.54) is 12.3 Å². The Bertz CT molecular complexity index is 600. The summed E-state index contributed by atoms with van der Waals surface area (Å²) in [7, 11) is 0. The van der Waals surface area contributed by atoms with Gasteiger partial charge in [-0.25, -0.2) is 8.78 Å². The van der Waals surface area contributed by atoms with Crippen molar-refractivity contribution in [3.8, 4) is 0 Å². The second-order valence-electron chi connectivity index (χ2n) is 4.16. The first-order valence-electron chi connectivity index (χ1n) is 5.41. The van der Waals surface area contributed by atoms with Crippen molar-refractivity contribution < 1.29 is 13.6 Å². The highest BCUT2D eigenvalue weighted by Crippen LogP contribution is 2.19. The highest BCUT2D eigenvalue weighted by atomic mass is 19.1. The number of carbonyl (C=O) groups is 1. The van der Waals surface area contributed by atoms with Gasteiger partial charge in [0.15, 0.2) is 5.78 Å². The Kier molecular flexibility index (Phi) is 3.19. The van der Waals surface area contributed by atoms with Crippen LogP contribution in [-0.4, -0.2) is 10.8 Å². The van der Waals surface area contributed by atoms with Crippen LogP contribution < -0.4 is 0 Å². The molecule has 0 fully saturated rings. The van der Waals surface area contributed by atoms with Crippen LogP contribution in [0.4, 0.5) is 8.78 Å². The number of hydrogen-bond acceptors (Lipinski definition) is 2. The van der Waals surface area contributed by atoms with Gasteiger partial charge in [0, 0.05) is 11.8 Å². The van der Waals surface area contributed by atoms with Crippen molar-refractivity contribution in [3.05, 3.63) is 64.5 Å². The first-order chi connectivity index (χ1) is 8.49. The van der Waals surface area contributed by atoms with E-state index in [0.717, 1.165) is 17.8 Å². The molecule has 92 valence electrons. The Balaban J connectivity index is 2.53. The molecular weight excluding hydrogens is 236 g/mol. The minimum absolute atomic E-state index is 0.0343. The van der Waals surface area contributed by atoms with Crippen molar-refractivity contribution in [2.45, 2.75) is 13.8 Å². The molecule has 0 amide bonds. The van der Waals surface area contributed by atoms with Crippen molar-refractivity contribution in [1.29, 1.82) is 0 Å². The quantitative estimate of drug-likeness (QED) is 0.763. The minimum atomic E-state index is -0.619. The van der Waals surface area contributed by atoms with Gasteiger partial charge in [0.05, 0.1) is 11.8 Å². The molecule has 2 rings (SSSR count). The minimum Gasteiger partial charge on any atom is -0.288 e. The normalized spacial score (nSPS) is 10.4. The summed E-state index contributed by atoms with van der Waals surface area (Å²) in [6.45, 7) is 3.39. The van der Waals surface area contributed by atoms with Crippen molar-refractivity contribution in [3.63, 3.8) is 0 Å². The number of aryl methyl sites for hydroxylation is 2. The molecule has 1 heterocycles. The number of rotatable bonds is 2. The molecule has 0 saturated carbocycles. The summed E-state index contributed by atoms with van der Waals surface area (Å²) in [6, 6.07) is 4.05. The van der Waals surface area contributed by atoms with Crippen LogP contribution in [0.1, 0.15) is 27.0 Å². The van der Waals surface area contributed by atoms with Crippen molar-refractivity contribution in [2.24, 2.45) is 0 Å². The van der Waals surface area contributed by atoms with Gasteiger partial charge in [0.25, 0.3) is 0 Å². The van der Waals surface area contributed by atoms with E-state index in [1.54, 1.807) is 19.9 Å². The van der Waals surface area contributed by atoms with Gasteiger partial charge in [-0.2, -0.15) is 0 Å². The highest BCUT2D eigenvalue weighted by Gasteiger charge is 2.17. The van der Waals surface area contributed by atoms with E-state index in [4.69, 9.17) is 0 Å². The zero-order valence-corrected chi connectivity index (χ0v) is 10.00. The van der Waals surface area contributed by atoms with Gasteiger partial charge in [-0.15, -0.1) is 0 Å². The van der Waals surface area contributed by atoms with E-state index < -0.39 is 17.4 Å². The molecule has 1 aromatic carbocycles. The molecule has 0 bridgehead atoms. The summed E-state index contributed by atoms with van der Waals surface area (Å²) in [5.74, 6) is -1.77. The topological polar surface area (TPSA) is 30.0 Å². The maximum Gasteiger partial charge on any atom is 0.197 e. The third-order valence-electron chi connectivity index (χ3n) is 2.63. The smallest absolute Gasteiger partial charge is 0.197 e. The Morgan fingerprint density at radius 1 is 1.11 bits per heavy atom. The van der Waals surface area contributed by atoms with E-state index in [9.17, 15) is 13.6 Å². The number of halogens is 2. The number of ketones is 1. The SMILES string of the molecule is Cc1cc(C)c(C(=O)c2cncc(F)c2)c(F)c1. The lowest BCUT2D eigenvalue weighted by atomic mass is 9.98. The molecule has 0 N–H and O–H groups in total. The van der Waals surface area contributed by atoms with Crippen LogP contribution >= 0.6 is 0 Å². The van der Waals surface area contributed by atoms with E-state index in [2.05, 4.69) is 4.98 Å². The van der Waals surface area contributed by atoms with E-state index in [1.807, 2.05) is 0 Å². The second kappa shape index (κ2) is 4.64. The number of carbonyl (C=O) groups excluding carboxylic acids is 1. The largest absolute Gasteiger partial charge is 0.288 e. The molecule has 2 aromatic rings. The van der Waals surface area contributed by atoms with Crippen molar-refractivity contribution in [2.75, 3.05) is 0 Å². The van der Waals surface area contributed by atoms with Gasteiger partial charge < -0.3 is 0 Å². The van der Waals surface area contributed by atoms with Gasteiger partial charge in [-0.3, -0.25) is 9.78 Å². The first kappa shape index (κ1) is 12.4. The fourth-order valence-electron chi connectivity index (χ4n) is 1.88. The summed E-state index contributed by atoms with van der Waals surface area (Å²) in [5, 5.41) is 0. The summed E-state index contributed by atoms with van der Waals surface area (Å²) in [4.78, 5) is 15.7. The maximum atomic E-state index is 13.8. The van der Waals surface area contributed by atoms with Crippen LogP contribution in [-0.2, 0) is 0 Å². The molecule has 0 aliphatic heterocycles. The number of nitrogens with zero attached hydrogens (tertiary/aromatic N) is 1. The van der Waals surface area contributed by atoms with Gasteiger partial charge in [0.2, 0.25) is 0 Å². The van der Waals surface area contributed by atoms with Crippen LogP contribution in [0.2, 0.25) is 0 Å². The molecule has 0 radical (unpaired) electrons. The molecular formula is C14H11F2NO. The predicted molar refractivity (Wildman–Crippen MR) is 63.5 cm³/mol. The monoisotopic (exact) mass is 247 g/mol. The number of pyridine rings is 1. The predicted octanol–water partition coefficient (Wildman–Crippen LogP) is 3.21. The molecule has 4 heteroatoms. The lowest BCUT2D eigenvalue weighted by molar-refractivity contribution is 0.103. The summed E-state index contributed by atoms with van der Waals surface area (Å²) >= 11 is 0. The van der Waals surface area contributed by atoms with Crippen molar-refractivity contribution >= 4 is 5.78 Å². The van der Waals surface area contributed by atoms with Crippen LogP contribution in [0.25, 0.3) is 0 Å². The Morgan fingerprint density at radius 3 is 2.44 bits per heavy atom. The van der Waals surface area contributed by atoms with Crippen LogP contribution in [0.3, 0.4) is 0 Å². The van der Waals surface area contributed by atoms with Gasteiger partial charge in [0.1, 0.15) is 11.6 Å². The molecule has 0 unspecified atom stereocenters. The molecule has 0 saturated heterocycles. The number of benzene rings is 1. The average Bonchev–Trinajstić information content (AvgIpc) is 2.27. The second-order valence-corrected chi connectivity index (χ2v) is 4.16. The Hall–Kier alpha value is -2.10. The first-order valence-corrected chi connectivity index (χ1v) is 5.41. The third kappa shape index (κ3) is 2.27. The summed E-state index contributed by atoms with van der Waals surface area (Å²) in [6.07, 6.45) is 2.22. The maximum absolute atomic E-state index is 13.8. The number of hydrogen-bond donors (Lipinski definition) is 0. The van der Waals surface area contributed by atoms with E-state index in [0.29, 0.717) is 5.56 Å². The molecule has 0 atom stereocenters. The fraction of sp³-hybridized carbons (Fsp3) is 0.143. The molecule has 0 spiro atoms. The third-order valence-corrected chi connectivity index (χ3v) is 2.63. The fourth-order valence-corrected chi connectivity index (χ4v) is 1.88. The zero-order valence-electron chi connectivity index (χ0n) is 10.00. The lowest BCUT2D eigenvalue weighted by Crippen LogP contribution is -2.08. The molecule has 1 aromatic heterocycles. The Labute approximate surface area is 103 Å². The van der Waals surface area contributed by atoms with Crippen LogP contribution in [0, 0.1) is 25.5 Å². The summed E-state index contributed by atoms with van der Waals surface area (Å²) in [5.41, 5.74) is 1.27. The number of aromatic nitrogens is 1. The average molecular weight is 247 g/mol. The molecule has 0 aliphatic rings. The highest BCUT2D eigenvalue weighted by molar-refractivity contribution is 6.09. The molecule has 18 heavy (non-hydrogen) atoms. The lowest BCUT2D eigenvalue weighted by Gasteiger charge is -2.07. The molecule has 2 nitrogen and oxygen atoms in total. The van der Waals surface area contributed by atoms with Gasteiger partial charge >= 0.3 is 0 Å². The summed E-state index contributed by atoms with van der Waals surface area (Å²) < 4.78 is 26.8. The van der Waals surface area contributed by atoms with Crippen molar-refractivity contribution in [1.82, 2.24) is 4.98 Å². The van der Waals surface area contributed by atoms with E-state index >= 15 is 0 Å². The van der Waals surface area contributed by atoms with Crippen LogP contribution in [0.5, 0.6) is 0 Å². The standard InChI is InChI=1S/C14H11F2NO/c1-8-3-9(2)13(12(16)4-8)14(18)10-5-11(15)7-17-6-10/h3-7H,1-2H3. The van der Waals surface area contributed by atoms with Gasteiger partial charge in [-0.1, -0.05) is 6.07 Å².